The summed E-state index contributed by atoms with van der Waals surface area (Å²) in [6, 6.07) is 24.2. The summed E-state index contributed by atoms with van der Waals surface area (Å²) in [4.78, 5) is 4.22. The van der Waals surface area contributed by atoms with E-state index in [4.69, 9.17) is 10.3 Å². The maximum Gasteiger partial charge on any atom is 0.253 e. The van der Waals surface area contributed by atoms with E-state index < -0.39 is 0 Å². The lowest BCUT2D eigenvalue weighted by atomic mass is 9.95. The lowest BCUT2D eigenvalue weighted by Crippen LogP contribution is -2.21. The summed E-state index contributed by atoms with van der Waals surface area (Å²) in [5.74, 6) is 0.0277. The van der Waals surface area contributed by atoms with Crippen molar-refractivity contribution in [3.05, 3.63) is 102 Å². The van der Waals surface area contributed by atoms with Gasteiger partial charge >= 0.3 is 0 Å². The molecular weight excluding hydrogens is 391 g/mol. The van der Waals surface area contributed by atoms with Crippen molar-refractivity contribution < 1.29 is 8.91 Å². The number of hydrogen-bond donors (Lipinski definition) is 2. The molecule has 3 N–H and O–H groups in total. The van der Waals surface area contributed by atoms with Gasteiger partial charge in [-0.3, -0.25) is 0 Å². The Labute approximate surface area is 180 Å². The first-order valence-corrected chi connectivity index (χ1v) is 9.99. The Kier molecular flexibility index (Phi) is 5.80. The molecule has 0 aliphatic heterocycles. The number of benzene rings is 3. The molecule has 3 aromatic carbocycles. The largest absolute Gasteiger partial charge is 0.369 e. The second-order valence-electron chi connectivity index (χ2n) is 7.41. The molecule has 6 heteroatoms. The van der Waals surface area contributed by atoms with E-state index in [9.17, 15) is 4.39 Å². The van der Waals surface area contributed by atoms with Crippen molar-refractivity contribution in [1.29, 1.82) is 0 Å². The van der Waals surface area contributed by atoms with Gasteiger partial charge in [0.25, 0.3) is 5.88 Å². The first-order chi connectivity index (χ1) is 15.0. The van der Waals surface area contributed by atoms with E-state index in [1.165, 1.54) is 6.07 Å². The molecular formula is C25H23FN4O. The summed E-state index contributed by atoms with van der Waals surface area (Å²) in [5, 5.41) is 7.09. The van der Waals surface area contributed by atoms with Crippen molar-refractivity contribution in [1.82, 2.24) is 5.16 Å². The number of aryl methyl sites for hydroxylation is 1. The molecule has 0 fully saturated rings. The SMILES string of the molecule is Cc1ccc(N/C(N)=N/c2cc(C(C)c3ccc(-c4ccccc4)c(F)c3)no2)cc1. The fourth-order valence-corrected chi connectivity index (χ4v) is 3.29. The third-order valence-corrected chi connectivity index (χ3v) is 5.09. The number of hydrogen-bond acceptors (Lipinski definition) is 3. The van der Waals surface area contributed by atoms with Gasteiger partial charge in [0.2, 0.25) is 5.96 Å². The summed E-state index contributed by atoms with van der Waals surface area (Å²) in [7, 11) is 0. The quantitative estimate of drug-likeness (QED) is 0.310. The molecule has 1 heterocycles. The molecule has 5 nitrogen and oxygen atoms in total. The van der Waals surface area contributed by atoms with Crippen LogP contribution in [0.25, 0.3) is 11.1 Å². The maximum atomic E-state index is 14.7. The number of aliphatic imine (C=N–C) groups is 1. The van der Waals surface area contributed by atoms with Gasteiger partial charge in [0.05, 0.1) is 5.69 Å². The molecule has 0 spiro atoms. The van der Waals surface area contributed by atoms with Crippen LogP contribution in [0.4, 0.5) is 16.0 Å². The van der Waals surface area contributed by atoms with Gasteiger partial charge < -0.3 is 15.6 Å². The van der Waals surface area contributed by atoms with E-state index >= 15 is 0 Å². The molecule has 0 bridgehead atoms. The van der Waals surface area contributed by atoms with E-state index in [-0.39, 0.29) is 23.6 Å². The number of nitrogens with zero attached hydrogens (tertiary/aromatic N) is 2. The number of nitrogens with one attached hydrogen (secondary N) is 1. The van der Waals surface area contributed by atoms with E-state index in [2.05, 4.69) is 15.5 Å². The fraction of sp³-hybridized carbons (Fsp3) is 0.120. The Bertz CT molecular complexity index is 1200. The zero-order valence-electron chi connectivity index (χ0n) is 17.3. The van der Waals surface area contributed by atoms with Crippen LogP contribution >= 0.6 is 0 Å². The predicted molar refractivity (Wildman–Crippen MR) is 122 cm³/mol. The highest BCUT2D eigenvalue weighted by Gasteiger charge is 2.16. The third-order valence-electron chi connectivity index (χ3n) is 5.09. The van der Waals surface area contributed by atoms with Crippen molar-refractivity contribution >= 4 is 17.5 Å². The number of halogens is 1. The minimum absolute atomic E-state index is 0.168. The maximum absolute atomic E-state index is 14.7. The van der Waals surface area contributed by atoms with Crippen LogP contribution in [0.1, 0.15) is 29.7 Å². The Morgan fingerprint density at radius 3 is 2.48 bits per heavy atom. The number of guanidine groups is 1. The van der Waals surface area contributed by atoms with Crippen LogP contribution in [0.3, 0.4) is 0 Å². The lowest BCUT2D eigenvalue weighted by Gasteiger charge is -2.11. The van der Waals surface area contributed by atoms with Crippen LogP contribution < -0.4 is 11.1 Å². The van der Waals surface area contributed by atoms with Crippen molar-refractivity contribution in [2.75, 3.05) is 5.32 Å². The molecule has 0 saturated heterocycles. The average molecular weight is 414 g/mol. The zero-order valence-corrected chi connectivity index (χ0v) is 17.3. The first-order valence-electron chi connectivity index (χ1n) is 9.99. The van der Waals surface area contributed by atoms with E-state index in [1.807, 2.05) is 74.5 Å². The molecule has 156 valence electrons. The number of anilines is 1. The van der Waals surface area contributed by atoms with Crippen LogP contribution in [0.5, 0.6) is 0 Å². The molecule has 0 aliphatic rings. The van der Waals surface area contributed by atoms with Crippen molar-refractivity contribution in [3.8, 4) is 11.1 Å². The summed E-state index contributed by atoms with van der Waals surface area (Å²) in [6.07, 6.45) is 0. The standard InChI is InChI=1S/C25H23FN4O/c1-16-8-11-20(12-9-16)28-25(27)29-24-15-23(30-31-24)17(2)19-10-13-21(22(26)14-19)18-6-4-3-5-7-18/h3-15,17H,1-2H3,(H3,27,28,29). The summed E-state index contributed by atoms with van der Waals surface area (Å²) in [6.45, 7) is 3.95. The Morgan fingerprint density at radius 1 is 1.03 bits per heavy atom. The van der Waals surface area contributed by atoms with Gasteiger partial charge in [-0.25, -0.2) is 4.39 Å². The molecule has 0 amide bonds. The predicted octanol–water partition coefficient (Wildman–Crippen LogP) is 6.00. The molecule has 4 rings (SSSR count). The van der Waals surface area contributed by atoms with Crippen molar-refractivity contribution in [3.63, 3.8) is 0 Å². The highest BCUT2D eigenvalue weighted by atomic mass is 19.1. The second kappa shape index (κ2) is 8.83. The zero-order chi connectivity index (χ0) is 21.8. The molecule has 0 saturated carbocycles. The smallest absolute Gasteiger partial charge is 0.253 e. The van der Waals surface area contributed by atoms with Crippen LogP contribution in [0, 0.1) is 12.7 Å². The highest BCUT2D eigenvalue weighted by molar-refractivity contribution is 5.93. The van der Waals surface area contributed by atoms with Gasteiger partial charge in [-0.1, -0.05) is 72.2 Å². The Hall–Kier alpha value is -3.93. The van der Waals surface area contributed by atoms with Gasteiger partial charge in [0.15, 0.2) is 0 Å². The molecule has 31 heavy (non-hydrogen) atoms. The third kappa shape index (κ3) is 4.80. The van der Waals surface area contributed by atoms with E-state index in [1.54, 1.807) is 12.1 Å². The molecule has 0 aliphatic carbocycles. The average Bonchev–Trinajstić information content (AvgIpc) is 3.23. The molecule has 1 unspecified atom stereocenters. The summed E-state index contributed by atoms with van der Waals surface area (Å²) >= 11 is 0. The first kappa shape index (κ1) is 20.3. The monoisotopic (exact) mass is 414 g/mol. The lowest BCUT2D eigenvalue weighted by molar-refractivity contribution is 0.419. The van der Waals surface area contributed by atoms with Gasteiger partial charge in [0.1, 0.15) is 5.82 Å². The van der Waals surface area contributed by atoms with Gasteiger partial charge in [-0.15, -0.1) is 0 Å². The highest BCUT2D eigenvalue weighted by Crippen LogP contribution is 2.30. The second-order valence-corrected chi connectivity index (χ2v) is 7.41. The number of rotatable bonds is 5. The van der Waals surface area contributed by atoms with Crippen LogP contribution in [0.2, 0.25) is 0 Å². The summed E-state index contributed by atoms with van der Waals surface area (Å²) < 4.78 is 20.0. The van der Waals surface area contributed by atoms with E-state index in [0.29, 0.717) is 11.3 Å². The number of nitrogens with two attached hydrogens (primary N) is 1. The topological polar surface area (TPSA) is 76.4 Å². The number of aromatic nitrogens is 1. The molecule has 4 aromatic rings. The van der Waals surface area contributed by atoms with Crippen LogP contribution in [-0.2, 0) is 0 Å². The van der Waals surface area contributed by atoms with E-state index in [0.717, 1.165) is 22.4 Å². The normalized spacial score (nSPS) is 12.5. The minimum Gasteiger partial charge on any atom is -0.369 e. The Balaban J connectivity index is 1.49. The minimum atomic E-state index is -0.274. The molecule has 0 radical (unpaired) electrons. The van der Waals surface area contributed by atoms with Crippen LogP contribution in [0.15, 0.2) is 88.4 Å². The van der Waals surface area contributed by atoms with Crippen molar-refractivity contribution in [2.24, 2.45) is 10.7 Å². The van der Waals surface area contributed by atoms with Crippen molar-refractivity contribution in [2.45, 2.75) is 19.8 Å². The van der Waals surface area contributed by atoms with Gasteiger partial charge in [-0.2, -0.15) is 4.99 Å². The Morgan fingerprint density at radius 2 is 1.77 bits per heavy atom. The molecule has 1 aromatic heterocycles. The fourth-order valence-electron chi connectivity index (χ4n) is 3.29. The van der Waals surface area contributed by atoms with Gasteiger partial charge in [0, 0.05) is 23.2 Å². The van der Waals surface area contributed by atoms with Crippen LogP contribution in [-0.4, -0.2) is 11.1 Å². The molecule has 1 atom stereocenters. The van der Waals surface area contributed by atoms with Gasteiger partial charge in [-0.05, 0) is 36.2 Å². The summed E-state index contributed by atoms with van der Waals surface area (Å²) in [5.41, 5.74) is 10.8.